The molecule has 0 radical (unpaired) electrons. The molecular weight excluding hydrogens is 148 g/mol. The van der Waals surface area contributed by atoms with Crippen molar-refractivity contribution in [1.29, 1.82) is 0 Å². The van der Waals surface area contributed by atoms with Gasteiger partial charge in [0, 0.05) is 0 Å². The monoisotopic (exact) mass is 162 g/mol. The van der Waals surface area contributed by atoms with E-state index in [1.165, 1.54) is 6.42 Å². The summed E-state index contributed by atoms with van der Waals surface area (Å²) < 4.78 is 5.40. The Morgan fingerprint density at radius 3 is 2.30 bits per heavy atom. The van der Waals surface area contributed by atoms with Crippen LogP contribution in [0.5, 0.6) is 0 Å². The van der Waals surface area contributed by atoms with Crippen LogP contribution in [-0.4, -0.2) is 11.7 Å². The van der Waals surface area contributed by atoms with E-state index in [-0.39, 0.29) is 5.56 Å². The van der Waals surface area contributed by atoms with E-state index in [1.54, 1.807) is 0 Å². The first-order valence-corrected chi connectivity index (χ1v) is 4.34. The Hall–Kier alpha value is 0.250. The van der Waals surface area contributed by atoms with Crippen molar-refractivity contribution in [2.75, 3.05) is 0 Å². The van der Waals surface area contributed by atoms with E-state index in [0.29, 0.717) is 6.10 Å². The van der Waals surface area contributed by atoms with Gasteiger partial charge in [-0.25, -0.2) is 0 Å². The lowest BCUT2D eigenvalue weighted by Crippen LogP contribution is -2.05. The van der Waals surface area contributed by atoms with E-state index >= 15 is 0 Å². The topological polar surface area (TPSA) is 9.23 Å². The molecule has 10 heavy (non-hydrogen) atoms. The van der Waals surface area contributed by atoms with Crippen molar-refractivity contribution >= 4 is 11.6 Å². The number of hydrogen-bond donors (Lipinski definition) is 0. The van der Waals surface area contributed by atoms with Crippen molar-refractivity contribution in [1.82, 2.24) is 0 Å². The van der Waals surface area contributed by atoms with Gasteiger partial charge >= 0.3 is 0 Å². The lowest BCUT2D eigenvalue weighted by atomic mass is 10.1. The molecule has 0 amide bonds. The van der Waals surface area contributed by atoms with Crippen LogP contribution in [0.15, 0.2) is 0 Å². The minimum Gasteiger partial charge on any atom is -0.359 e. The van der Waals surface area contributed by atoms with Crippen LogP contribution in [0.2, 0.25) is 0 Å². The van der Waals surface area contributed by atoms with E-state index in [2.05, 4.69) is 13.8 Å². The van der Waals surface area contributed by atoms with Crippen molar-refractivity contribution < 1.29 is 4.74 Å². The van der Waals surface area contributed by atoms with Crippen LogP contribution >= 0.6 is 11.6 Å². The molecular formula is C8H15ClO. The Balaban J connectivity index is 2.13. The second kappa shape index (κ2) is 3.10. The number of halogens is 1. The largest absolute Gasteiger partial charge is 0.359 e. The van der Waals surface area contributed by atoms with Gasteiger partial charge in [-0.3, -0.25) is 0 Å². The van der Waals surface area contributed by atoms with Crippen molar-refractivity contribution in [2.45, 2.75) is 38.9 Å². The second-order valence-corrected chi connectivity index (χ2v) is 3.98. The van der Waals surface area contributed by atoms with Crippen molar-refractivity contribution in [2.24, 2.45) is 11.8 Å². The van der Waals surface area contributed by atoms with E-state index in [9.17, 15) is 0 Å². The van der Waals surface area contributed by atoms with Crippen LogP contribution in [0.25, 0.3) is 0 Å². The zero-order valence-corrected chi connectivity index (χ0v) is 7.56. The molecule has 60 valence electrons. The van der Waals surface area contributed by atoms with Crippen molar-refractivity contribution in [3.63, 3.8) is 0 Å². The molecule has 0 aromatic heterocycles. The summed E-state index contributed by atoms with van der Waals surface area (Å²) in [6, 6.07) is 0. The zero-order chi connectivity index (χ0) is 7.72. The van der Waals surface area contributed by atoms with Gasteiger partial charge in [0.2, 0.25) is 0 Å². The Kier molecular flexibility index (Phi) is 2.59. The molecule has 0 aliphatic heterocycles. The molecule has 0 heterocycles. The molecule has 3 atom stereocenters. The summed E-state index contributed by atoms with van der Waals surface area (Å²) >= 11 is 5.66. The molecule has 2 heteroatoms. The molecule has 1 nitrogen and oxygen atoms in total. The lowest BCUT2D eigenvalue weighted by molar-refractivity contribution is 0.0889. The number of ether oxygens (including phenoxy) is 1. The highest BCUT2D eigenvalue weighted by atomic mass is 35.5. The molecule has 1 saturated carbocycles. The van der Waals surface area contributed by atoms with Crippen LogP contribution in [0.4, 0.5) is 0 Å². The van der Waals surface area contributed by atoms with Gasteiger partial charge in [-0.2, -0.15) is 0 Å². The third-order valence-corrected chi connectivity index (χ3v) is 2.10. The van der Waals surface area contributed by atoms with Crippen LogP contribution < -0.4 is 0 Å². The lowest BCUT2D eigenvalue weighted by Gasteiger charge is -2.06. The highest BCUT2D eigenvalue weighted by Gasteiger charge is 2.40. The zero-order valence-electron chi connectivity index (χ0n) is 6.80. The Labute approximate surface area is 67.7 Å². The molecule has 1 rings (SSSR count). The molecule has 0 aromatic carbocycles. The molecule has 1 aliphatic carbocycles. The first-order chi connectivity index (χ1) is 4.61. The van der Waals surface area contributed by atoms with Gasteiger partial charge < -0.3 is 4.74 Å². The van der Waals surface area contributed by atoms with Crippen LogP contribution in [0, 0.1) is 11.8 Å². The molecule has 1 fully saturated rings. The maximum absolute atomic E-state index is 5.66. The minimum atomic E-state index is -0.117. The maximum Gasteiger partial charge on any atom is 0.128 e. The molecule has 0 N–H and O–H groups in total. The predicted octanol–water partition coefficient (Wildman–Crippen LogP) is 2.63. The Bertz CT molecular complexity index is 112. The van der Waals surface area contributed by atoms with Crippen LogP contribution in [0.3, 0.4) is 0 Å². The van der Waals surface area contributed by atoms with Crippen molar-refractivity contribution in [3.05, 3.63) is 0 Å². The summed E-state index contributed by atoms with van der Waals surface area (Å²) in [6.45, 7) is 6.33. The molecule has 0 spiro atoms. The van der Waals surface area contributed by atoms with Gasteiger partial charge in [-0.1, -0.05) is 25.4 Å². The molecule has 1 aliphatic rings. The number of hydrogen-bond acceptors (Lipinski definition) is 1. The molecule has 0 bridgehead atoms. The highest BCUT2D eigenvalue weighted by molar-refractivity contribution is 6.19. The molecule has 3 unspecified atom stereocenters. The standard InChI is InChI=1S/C8H15ClO/c1-5(2)7-4-8(7)10-6(3)9/h5-8H,4H2,1-3H3. The summed E-state index contributed by atoms with van der Waals surface area (Å²) in [4.78, 5) is 0. The van der Waals surface area contributed by atoms with Gasteiger partial charge in [0.1, 0.15) is 5.56 Å². The fourth-order valence-corrected chi connectivity index (χ4v) is 1.42. The van der Waals surface area contributed by atoms with E-state index in [1.807, 2.05) is 6.92 Å². The van der Waals surface area contributed by atoms with Gasteiger partial charge in [-0.05, 0) is 25.2 Å². The Morgan fingerprint density at radius 1 is 1.40 bits per heavy atom. The summed E-state index contributed by atoms with van der Waals surface area (Å²) in [5.74, 6) is 1.52. The minimum absolute atomic E-state index is 0.117. The quantitative estimate of drug-likeness (QED) is 0.580. The first kappa shape index (κ1) is 8.35. The molecule has 0 saturated heterocycles. The maximum atomic E-state index is 5.66. The van der Waals surface area contributed by atoms with Gasteiger partial charge in [0.15, 0.2) is 0 Å². The van der Waals surface area contributed by atoms with E-state index < -0.39 is 0 Å². The predicted molar refractivity (Wildman–Crippen MR) is 43.1 cm³/mol. The van der Waals surface area contributed by atoms with E-state index in [4.69, 9.17) is 16.3 Å². The summed E-state index contributed by atoms with van der Waals surface area (Å²) in [6.07, 6.45) is 1.65. The number of rotatable bonds is 3. The van der Waals surface area contributed by atoms with Gasteiger partial charge in [0.05, 0.1) is 6.10 Å². The SMILES string of the molecule is CC(Cl)OC1CC1C(C)C. The highest BCUT2D eigenvalue weighted by Crippen LogP contribution is 2.40. The van der Waals surface area contributed by atoms with Gasteiger partial charge in [-0.15, -0.1) is 0 Å². The first-order valence-electron chi connectivity index (χ1n) is 3.90. The smallest absolute Gasteiger partial charge is 0.128 e. The normalized spacial score (nSPS) is 34.5. The summed E-state index contributed by atoms with van der Waals surface area (Å²) in [5.41, 5.74) is -0.117. The molecule has 0 aromatic rings. The third kappa shape index (κ3) is 2.14. The number of alkyl halides is 1. The average Bonchev–Trinajstić information content (AvgIpc) is 2.43. The fourth-order valence-electron chi connectivity index (χ4n) is 1.29. The van der Waals surface area contributed by atoms with Crippen molar-refractivity contribution in [3.8, 4) is 0 Å². The van der Waals surface area contributed by atoms with Crippen LogP contribution in [-0.2, 0) is 4.74 Å². The fraction of sp³-hybridized carbons (Fsp3) is 1.00. The second-order valence-electron chi connectivity index (χ2n) is 3.36. The average molecular weight is 163 g/mol. The third-order valence-electron chi connectivity index (χ3n) is 2.00. The summed E-state index contributed by atoms with van der Waals surface area (Å²) in [7, 11) is 0. The summed E-state index contributed by atoms with van der Waals surface area (Å²) in [5, 5.41) is 0. The van der Waals surface area contributed by atoms with Crippen LogP contribution in [0.1, 0.15) is 27.2 Å². The van der Waals surface area contributed by atoms with Gasteiger partial charge in [0.25, 0.3) is 0 Å². The Morgan fingerprint density at radius 2 is 2.00 bits per heavy atom. The van der Waals surface area contributed by atoms with E-state index in [0.717, 1.165) is 11.8 Å².